The van der Waals surface area contributed by atoms with Crippen LogP contribution in [-0.4, -0.2) is 69.1 Å². The molecule has 0 bridgehead atoms. The number of fused-ring (bicyclic) bond motifs is 4. The van der Waals surface area contributed by atoms with E-state index in [-0.39, 0.29) is 26.6 Å². The number of ether oxygens (including phenoxy) is 9. The summed E-state index contributed by atoms with van der Waals surface area (Å²) in [6.07, 6.45) is -1.65. The summed E-state index contributed by atoms with van der Waals surface area (Å²) >= 11 is 0. The fourth-order valence-corrected chi connectivity index (χ4v) is 5.99. The maximum absolute atomic E-state index is 13.3. The molecule has 0 unspecified atom stereocenters. The molecule has 11 heteroatoms. The number of aliphatic hydroxyl groups is 1. The Labute approximate surface area is 229 Å². The van der Waals surface area contributed by atoms with Crippen LogP contribution in [0, 0.1) is 0 Å². The lowest BCUT2D eigenvalue weighted by atomic mass is 9.89. The van der Waals surface area contributed by atoms with E-state index in [1.807, 2.05) is 12.1 Å². The fourth-order valence-electron chi connectivity index (χ4n) is 5.99. The first-order valence-corrected chi connectivity index (χ1v) is 12.9. The quantitative estimate of drug-likeness (QED) is 0.452. The summed E-state index contributed by atoms with van der Waals surface area (Å²) in [7, 11) is 3.09. The van der Waals surface area contributed by atoms with Gasteiger partial charge in [-0.1, -0.05) is 6.07 Å². The van der Waals surface area contributed by atoms with Crippen molar-refractivity contribution in [1.29, 1.82) is 0 Å². The molecule has 0 saturated carbocycles. The molecule has 3 atom stereocenters. The van der Waals surface area contributed by atoms with Gasteiger partial charge in [-0.3, -0.25) is 0 Å². The van der Waals surface area contributed by atoms with Gasteiger partial charge < -0.3 is 47.7 Å². The van der Waals surface area contributed by atoms with E-state index in [1.165, 1.54) is 0 Å². The van der Waals surface area contributed by atoms with Gasteiger partial charge in [0, 0.05) is 16.5 Å². The molecule has 2 saturated heterocycles. The van der Waals surface area contributed by atoms with E-state index < -0.39 is 29.8 Å². The minimum absolute atomic E-state index is 0.00326. The number of benzene rings is 3. The number of rotatable bonds is 6. The first-order chi connectivity index (χ1) is 19.3. The van der Waals surface area contributed by atoms with Crippen LogP contribution in [-0.2, 0) is 25.6 Å². The van der Waals surface area contributed by atoms with Gasteiger partial charge in [-0.15, -0.1) is 0 Å². The van der Waals surface area contributed by atoms with Crippen molar-refractivity contribution < 1.29 is 52.5 Å². The van der Waals surface area contributed by atoms with Crippen LogP contribution in [0.2, 0.25) is 0 Å². The number of hydrogen-bond donors (Lipinski definition) is 1. The summed E-state index contributed by atoms with van der Waals surface area (Å²) in [4.78, 5) is 13.3. The smallest absolute Gasteiger partial charge is 0.339 e. The van der Waals surface area contributed by atoms with Gasteiger partial charge in [0.1, 0.15) is 12.4 Å². The first kappa shape index (κ1) is 25.2. The summed E-state index contributed by atoms with van der Waals surface area (Å²) in [5.41, 5.74) is 1.21. The van der Waals surface area contributed by atoms with Crippen LogP contribution in [0.5, 0.6) is 28.7 Å². The van der Waals surface area contributed by atoms with Crippen LogP contribution in [0.1, 0.15) is 29.8 Å². The first-order valence-electron chi connectivity index (χ1n) is 12.9. The second-order valence-electron chi connectivity index (χ2n) is 10.5. The van der Waals surface area contributed by atoms with E-state index in [0.29, 0.717) is 56.2 Å². The highest BCUT2D eigenvalue weighted by atomic mass is 16.8. The van der Waals surface area contributed by atoms with Crippen molar-refractivity contribution in [1.82, 2.24) is 0 Å². The van der Waals surface area contributed by atoms with E-state index in [9.17, 15) is 9.90 Å². The number of aliphatic hydroxyl groups excluding tert-OH is 1. The molecule has 1 N–H and O–H groups in total. The van der Waals surface area contributed by atoms with Gasteiger partial charge in [0.15, 0.2) is 40.5 Å². The maximum Gasteiger partial charge on any atom is 0.339 e. The van der Waals surface area contributed by atoms with Crippen molar-refractivity contribution in [3.05, 3.63) is 41.5 Å². The summed E-state index contributed by atoms with van der Waals surface area (Å²) in [6, 6.07) is 9.11. The van der Waals surface area contributed by atoms with E-state index in [1.54, 1.807) is 46.3 Å². The van der Waals surface area contributed by atoms with Gasteiger partial charge >= 0.3 is 5.97 Å². The number of cyclic esters (lactones) is 1. The Hall–Kier alpha value is -3.77. The Morgan fingerprint density at radius 3 is 2.48 bits per heavy atom. The van der Waals surface area contributed by atoms with E-state index in [2.05, 4.69) is 0 Å². The van der Waals surface area contributed by atoms with Crippen LogP contribution in [0.4, 0.5) is 0 Å². The van der Waals surface area contributed by atoms with Gasteiger partial charge in [0.05, 0.1) is 33.0 Å². The van der Waals surface area contributed by atoms with Crippen molar-refractivity contribution in [3.63, 3.8) is 0 Å². The summed E-state index contributed by atoms with van der Waals surface area (Å²) in [6.45, 7) is 3.43. The van der Waals surface area contributed by atoms with Crippen molar-refractivity contribution in [2.24, 2.45) is 0 Å². The number of carbonyl (C=O) groups is 1. The average molecular weight is 553 g/mol. The van der Waals surface area contributed by atoms with Gasteiger partial charge in [0.25, 0.3) is 0 Å². The van der Waals surface area contributed by atoms with E-state index in [0.717, 1.165) is 5.56 Å². The van der Waals surface area contributed by atoms with E-state index >= 15 is 0 Å². The van der Waals surface area contributed by atoms with Crippen LogP contribution in [0.25, 0.3) is 21.9 Å². The van der Waals surface area contributed by atoms with Gasteiger partial charge in [-0.25, -0.2) is 4.79 Å². The highest BCUT2D eigenvalue weighted by molar-refractivity contribution is 6.14. The molecule has 0 aromatic heterocycles. The summed E-state index contributed by atoms with van der Waals surface area (Å²) < 4.78 is 52.6. The molecular weight excluding hydrogens is 524 g/mol. The topological polar surface area (TPSA) is 120 Å². The molecule has 4 aliphatic heterocycles. The predicted octanol–water partition coefficient (Wildman–Crippen LogP) is 3.54. The van der Waals surface area contributed by atoms with Gasteiger partial charge in [-0.05, 0) is 49.1 Å². The molecule has 2 fully saturated rings. The number of hydrogen-bond acceptors (Lipinski definition) is 11. The van der Waals surface area contributed by atoms with Crippen LogP contribution in [0.15, 0.2) is 30.3 Å². The SMILES string of the molecule is COc1cc2c(O[C@H]3OC[C@@]4(CO)OC(C)(C)O[C@@H]34)c3c(c(-c4ccc5c(c4)OCO5)c2cc1OC)C(=O)OC3. The third-order valence-corrected chi connectivity index (χ3v) is 7.70. The van der Waals surface area contributed by atoms with Crippen molar-refractivity contribution in [2.75, 3.05) is 34.2 Å². The van der Waals surface area contributed by atoms with E-state index in [4.69, 9.17) is 42.6 Å². The monoisotopic (exact) mass is 552 g/mol. The third-order valence-electron chi connectivity index (χ3n) is 7.70. The second kappa shape index (κ2) is 8.87. The Morgan fingerprint density at radius 2 is 1.73 bits per heavy atom. The number of methoxy groups -OCH3 is 2. The molecule has 0 amide bonds. The highest BCUT2D eigenvalue weighted by Gasteiger charge is 2.62. The third kappa shape index (κ3) is 3.62. The standard InChI is InChI=1S/C29H28O11/c1-28(2)39-25-27(35-12-29(25,11-30)40-28)38-24-16-9-20(33-4)19(32-3)8-15(16)22(23-17(24)10-34-26(23)31)14-5-6-18-21(7-14)37-13-36-18/h5-9,25,27,30H,10-13H2,1-4H3/t25-,27+,29+/m0/s1. The lowest BCUT2D eigenvalue weighted by Crippen LogP contribution is -2.46. The van der Waals surface area contributed by atoms with Crippen molar-refractivity contribution in [2.45, 2.75) is 44.2 Å². The normalized spacial score (nSPS) is 25.6. The minimum Gasteiger partial charge on any atom is -0.493 e. The molecule has 0 aliphatic carbocycles. The molecule has 40 heavy (non-hydrogen) atoms. The minimum atomic E-state index is -1.08. The van der Waals surface area contributed by atoms with Crippen molar-refractivity contribution >= 4 is 16.7 Å². The summed E-state index contributed by atoms with van der Waals surface area (Å²) in [5.74, 6) is 1.10. The predicted molar refractivity (Wildman–Crippen MR) is 138 cm³/mol. The zero-order valence-electron chi connectivity index (χ0n) is 22.4. The largest absolute Gasteiger partial charge is 0.493 e. The molecule has 210 valence electrons. The number of carbonyl (C=O) groups excluding carboxylic acids is 1. The van der Waals surface area contributed by atoms with Gasteiger partial charge in [-0.2, -0.15) is 0 Å². The fraction of sp³-hybridized carbons (Fsp3) is 0.414. The average Bonchev–Trinajstić information content (AvgIpc) is 3.70. The second-order valence-corrected chi connectivity index (χ2v) is 10.5. The molecule has 4 aliphatic rings. The molecular formula is C29H28O11. The molecule has 4 heterocycles. The Morgan fingerprint density at radius 1 is 0.975 bits per heavy atom. The molecule has 11 nitrogen and oxygen atoms in total. The van der Waals surface area contributed by atoms with Gasteiger partial charge in [0.2, 0.25) is 13.1 Å². The molecule has 7 rings (SSSR count). The van der Waals surface area contributed by atoms with Crippen LogP contribution in [0.3, 0.4) is 0 Å². The molecule has 0 spiro atoms. The van der Waals surface area contributed by atoms with Crippen LogP contribution < -0.4 is 23.7 Å². The summed E-state index contributed by atoms with van der Waals surface area (Å²) in [5, 5.41) is 11.5. The maximum atomic E-state index is 13.3. The van der Waals surface area contributed by atoms with Crippen molar-refractivity contribution in [3.8, 4) is 39.9 Å². The lowest BCUT2D eigenvalue weighted by molar-refractivity contribution is -0.211. The molecule has 0 radical (unpaired) electrons. The van der Waals surface area contributed by atoms with Crippen LogP contribution >= 0.6 is 0 Å². The molecule has 3 aromatic carbocycles. The number of esters is 1. The Bertz CT molecular complexity index is 1550. The zero-order valence-corrected chi connectivity index (χ0v) is 22.4. The lowest BCUT2D eigenvalue weighted by Gasteiger charge is -2.25. The zero-order chi connectivity index (χ0) is 27.8. The molecule has 3 aromatic rings. The Kier molecular flexibility index (Phi) is 5.59. The Balaban J connectivity index is 1.45. The highest BCUT2D eigenvalue weighted by Crippen LogP contribution is 2.51.